The van der Waals surface area contributed by atoms with Crippen molar-refractivity contribution in [2.45, 2.75) is 56.4 Å². The molecule has 0 amide bonds. The summed E-state index contributed by atoms with van der Waals surface area (Å²) in [6.45, 7) is 7.53. The van der Waals surface area contributed by atoms with Gasteiger partial charge in [-0.2, -0.15) is 0 Å². The Hall–Kier alpha value is -2.90. The topological polar surface area (TPSA) is 64.6 Å². The van der Waals surface area contributed by atoms with Gasteiger partial charge in [0.1, 0.15) is 11.6 Å². The molecule has 0 bridgehead atoms. The fourth-order valence-electron chi connectivity index (χ4n) is 3.40. The number of hydrogen-bond donors (Lipinski definition) is 1. The summed E-state index contributed by atoms with van der Waals surface area (Å²) in [5.41, 5.74) is 2.58. The molecule has 0 heterocycles. The highest BCUT2D eigenvalue weighted by atomic mass is 33.1. The normalized spacial score (nSPS) is 12.0. The highest BCUT2D eigenvalue weighted by Crippen LogP contribution is 2.33. The molecule has 190 valence electrons. The van der Waals surface area contributed by atoms with Crippen LogP contribution in [0.1, 0.15) is 49.2 Å². The van der Waals surface area contributed by atoms with E-state index < -0.39 is 17.6 Å². The first kappa shape index (κ1) is 27.7. The first-order valence-electron chi connectivity index (χ1n) is 11.9. The molecule has 1 N–H and O–H groups in total. The molecule has 0 radical (unpaired) electrons. The van der Waals surface area contributed by atoms with Crippen molar-refractivity contribution in [3.8, 4) is 0 Å². The molecule has 0 aliphatic carbocycles. The number of esters is 2. The fourth-order valence-corrected chi connectivity index (χ4v) is 5.50. The van der Waals surface area contributed by atoms with E-state index in [1.807, 2.05) is 45.0 Å². The number of carbonyl (C=O) groups is 2. The summed E-state index contributed by atoms with van der Waals surface area (Å²) in [4.78, 5) is 26.7. The molecule has 0 unspecified atom stereocenters. The second kappa shape index (κ2) is 13.4. The molecule has 0 aliphatic heterocycles. The number of carbonyl (C=O) groups excluding carboxylic acids is 2. The Morgan fingerprint density at radius 3 is 2.22 bits per heavy atom. The second-order valence-corrected chi connectivity index (χ2v) is 11.5. The van der Waals surface area contributed by atoms with E-state index in [0.717, 1.165) is 16.2 Å². The summed E-state index contributed by atoms with van der Waals surface area (Å²) in [5, 5.41) is 3.23. The molecule has 0 saturated carbocycles. The van der Waals surface area contributed by atoms with Gasteiger partial charge in [0.15, 0.2) is 0 Å². The standard InChI is InChI=1S/C29H33NO4S2/c1-5-33-28(32)26(30-25-14-10-9-13-24(25)27(31)34-29(2,3)4)19-21-15-17-23(18-16-21)36-35-20-22-11-7-6-8-12-22/h6-18,26,30H,5,19-20H2,1-4H3/t26-/m0/s1. The van der Waals surface area contributed by atoms with E-state index in [-0.39, 0.29) is 12.6 Å². The quantitative estimate of drug-likeness (QED) is 0.211. The Kier molecular flexibility index (Phi) is 10.3. The van der Waals surface area contributed by atoms with Crippen molar-refractivity contribution in [1.82, 2.24) is 0 Å². The molecular formula is C29H33NO4S2. The van der Waals surface area contributed by atoms with Gasteiger partial charge in [0.2, 0.25) is 0 Å². The van der Waals surface area contributed by atoms with Gasteiger partial charge < -0.3 is 14.8 Å². The number of ether oxygens (including phenoxy) is 2. The average Bonchev–Trinajstić information content (AvgIpc) is 2.85. The highest BCUT2D eigenvalue weighted by molar-refractivity contribution is 8.76. The van der Waals surface area contributed by atoms with Crippen LogP contribution < -0.4 is 5.32 Å². The third-order valence-corrected chi connectivity index (χ3v) is 7.35. The van der Waals surface area contributed by atoms with Crippen molar-refractivity contribution in [1.29, 1.82) is 0 Å². The Morgan fingerprint density at radius 2 is 1.56 bits per heavy atom. The van der Waals surface area contributed by atoms with E-state index in [0.29, 0.717) is 17.7 Å². The van der Waals surface area contributed by atoms with Crippen LogP contribution in [0.15, 0.2) is 83.8 Å². The molecule has 3 aromatic rings. The lowest BCUT2D eigenvalue weighted by molar-refractivity contribution is -0.144. The van der Waals surface area contributed by atoms with E-state index in [4.69, 9.17) is 9.47 Å². The fraction of sp³-hybridized carbons (Fsp3) is 0.310. The molecule has 3 rings (SSSR count). The minimum absolute atomic E-state index is 0.277. The average molecular weight is 524 g/mol. The maximum absolute atomic E-state index is 12.8. The molecule has 0 fully saturated rings. The summed E-state index contributed by atoms with van der Waals surface area (Å²) < 4.78 is 10.9. The first-order valence-corrected chi connectivity index (χ1v) is 14.2. The van der Waals surface area contributed by atoms with Gasteiger partial charge in [-0.1, -0.05) is 76.2 Å². The van der Waals surface area contributed by atoms with Gasteiger partial charge in [-0.3, -0.25) is 0 Å². The molecule has 3 aromatic carbocycles. The smallest absolute Gasteiger partial charge is 0.340 e. The number of benzene rings is 3. The largest absolute Gasteiger partial charge is 0.464 e. The lowest BCUT2D eigenvalue weighted by atomic mass is 10.0. The van der Waals surface area contributed by atoms with Crippen molar-refractivity contribution < 1.29 is 19.1 Å². The minimum atomic E-state index is -0.653. The Labute approximate surface area is 221 Å². The van der Waals surface area contributed by atoms with Crippen LogP contribution in [-0.4, -0.2) is 30.2 Å². The first-order chi connectivity index (χ1) is 17.2. The van der Waals surface area contributed by atoms with Crippen LogP contribution >= 0.6 is 21.6 Å². The predicted octanol–water partition coefficient (Wildman–Crippen LogP) is 7.17. The SMILES string of the molecule is CCOC(=O)[C@H](Cc1ccc(SSCc2ccccc2)cc1)Nc1ccccc1C(=O)OC(C)(C)C. The predicted molar refractivity (Wildman–Crippen MR) is 149 cm³/mol. The maximum Gasteiger partial charge on any atom is 0.340 e. The molecule has 0 spiro atoms. The lowest BCUT2D eigenvalue weighted by Crippen LogP contribution is -2.34. The van der Waals surface area contributed by atoms with Crippen molar-refractivity contribution in [2.75, 3.05) is 11.9 Å². The van der Waals surface area contributed by atoms with Gasteiger partial charge in [0.05, 0.1) is 12.2 Å². The number of para-hydroxylation sites is 1. The van der Waals surface area contributed by atoms with Crippen molar-refractivity contribution in [3.05, 3.63) is 95.6 Å². The molecule has 1 atom stereocenters. The number of anilines is 1. The Balaban J connectivity index is 1.68. The van der Waals surface area contributed by atoms with Gasteiger partial charge in [0, 0.05) is 22.8 Å². The maximum atomic E-state index is 12.8. The van der Waals surface area contributed by atoms with Crippen LogP contribution in [0.2, 0.25) is 0 Å². The van der Waals surface area contributed by atoms with Gasteiger partial charge in [-0.15, -0.1) is 0 Å². The summed E-state index contributed by atoms with van der Waals surface area (Å²) in [6, 6.07) is 25.0. The van der Waals surface area contributed by atoms with Crippen LogP contribution in [0, 0.1) is 0 Å². The number of rotatable bonds is 11. The molecule has 7 heteroatoms. The van der Waals surface area contributed by atoms with Crippen LogP contribution in [0.5, 0.6) is 0 Å². The van der Waals surface area contributed by atoms with E-state index >= 15 is 0 Å². The zero-order valence-corrected chi connectivity index (χ0v) is 22.8. The monoisotopic (exact) mass is 523 g/mol. The lowest BCUT2D eigenvalue weighted by Gasteiger charge is -2.23. The van der Waals surface area contributed by atoms with Gasteiger partial charge in [0.25, 0.3) is 0 Å². The van der Waals surface area contributed by atoms with E-state index in [1.54, 1.807) is 46.7 Å². The second-order valence-electron chi connectivity index (χ2n) is 9.18. The number of nitrogens with one attached hydrogen (secondary N) is 1. The van der Waals surface area contributed by atoms with Crippen LogP contribution in [0.4, 0.5) is 5.69 Å². The van der Waals surface area contributed by atoms with Gasteiger partial charge >= 0.3 is 11.9 Å². The summed E-state index contributed by atoms with van der Waals surface area (Å²) >= 11 is 0. The van der Waals surface area contributed by atoms with E-state index in [1.165, 1.54) is 5.56 Å². The van der Waals surface area contributed by atoms with Crippen LogP contribution in [-0.2, 0) is 26.4 Å². The van der Waals surface area contributed by atoms with Crippen molar-refractivity contribution in [3.63, 3.8) is 0 Å². The third-order valence-electron chi connectivity index (χ3n) is 5.03. The summed E-state index contributed by atoms with van der Waals surface area (Å²) in [5.74, 6) is 0.120. The zero-order chi connectivity index (χ0) is 26.0. The zero-order valence-electron chi connectivity index (χ0n) is 21.2. The number of hydrogen-bond acceptors (Lipinski definition) is 7. The molecule has 5 nitrogen and oxygen atoms in total. The van der Waals surface area contributed by atoms with Crippen molar-refractivity contribution >= 4 is 39.2 Å². The van der Waals surface area contributed by atoms with Crippen molar-refractivity contribution in [2.24, 2.45) is 0 Å². The van der Waals surface area contributed by atoms with Crippen LogP contribution in [0.25, 0.3) is 0 Å². The minimum Gasteiger partial charge on any atom is -0.464 e. The van der Waals surface area contributed by atoms with E-state index in [2.05, 4.69) is 41.7 Å². The van der Waals surface area contributed by atoms with Gasteiger partial charge in [-0.25, -0.2) is 9.59 Å². The molecule has 0 aliphatic rings. The Morgan fingerprint density at radius 1 is 0.889 bits per heavy atom. The third kappa shape index (κ3) is 8.95. The molecule has 0 saturated heterocycles. The summed E-state index contributed by atoms with van der Waals surface area (Å²) in [6.07, 6.45) is 0.420. The van der Waals surface area contributed by atoms with Gasteiger partial charge in [-0.05, 0) is 63.1 Å². The Bertz CT molecular complexity index is 1130. The van der Waals surface area contributed by atoms with Crippen LogP contribution in [0.3, 0.4) is 0 Å². The molecular weight excluding hydrogens is 490 g/mol. The van der Waals surface area contributed by atoms with E-state index in [9.17, 15) is 9.59 Å². The molecule has 0 aromatic heterocycles. The summed E-state index contributed by atoms with van der Waals surface area (Å²) in [7, 11) is 3.51. The molecule has 36 heavy (non-hydrogen) atoms. The highest BCUT2D eigenvalue weighted by Gasteiger charge is 2.25.